The number of nitrogens with one attached hydrogen (secondary N) is 2. The summed E-state index contributed by atoms with van der Waals surface area (Å²) in [5.74, 6) is 0.932. The number of benzene rings is 1. The van der Waals surface area contributed by atoms with Crippen LogP contribution in [0.5, 0.6) is 5.75 Å². The standard InChI is InChI=1S/C11H10N4O.C11H17NO/c12-4-8(5-13)10-2-1-7-3-9(6-16)14-11(7)15-10;1-4-12(2)9-10-6-5-7-11(8-10)13-3/h1-6,12H,13H2,(H,14,15);5-8H,4,9H2,1-3H3/b8-5+,12-4?;. The zero-order chi connectivity index (χ0) is 21.2. The largest absolute Gasteiger partial charge is 0.497 e. The number of carbonyl (C=O) groups is 1. The minimum atomic E-state index is 0.479. The van der Waals surface area contributed by atoms with Crippen molar-refractivity contribution in [2.24, 2.45) is 5.73 Å². The number of aromatic amines is 1. The Morgan fingerprint density at radius 3 is 2.72 bits per heavy atom. The summed E-state index contributed by atoms with van der Waals surface area (Å²) < 4.78 is 5.15. The van der Waals surface area contributed by atoms with Crippen molar-refractivity contribution in [1.82, 2.24) is 14.9 Å². The molecule has 3 aromatic rings. The Bertz CT molecular complexity index is 994. The van der Waals surface area contributed by atoms with Gasteiger partial charge in [-0.3, -0.25) is 4.79 Å². The summed E-state index contributed by atoms with van der Waals surface area (Å²) in [7, 11) is 3.81. The molecule has 2 aromatic heterocycles. The molecule has 0 fully saturated rings. The topological polar surface area (TPSA) is 108 Å². The molecular weight excluding hydrogens is 366 g/mol. The molecule has 0 aliphatic heterocycles. The first-order valence-corrected chi connectivity index (χ1v) is 9.23. The summed E-state index contributed by atoms with van der Waals surface area (Å²) in [6, 6.07) is 13.5. The van der Waals surface area contributed by atoms with Crippen molar-refractivity contribution < 1.29 is 9.53 Å². The third-order valence-corrected chi connectivity index (χ3v) is 4.38. The molecule has 3 rings (SSSR count). The lowest BCUT2D eigenvalue weighted by Gasteiger charge is -2.13. The van der Waals surface area contributed by atoms with Gasteiger partial charge in [0.1, 0.15) is 11.4 Å². The van der Waals surface area contributed by atoms with Crippen molar-refractivity contribution in [3.63, 3.8) is 0 Å². The molecule has 152 valence electrons. The monoisotopic (exact) mass is 393 g/mol. The van der Waals surface area contributed by atoms with Gasteiger partial charge in [0, 0.05) is 29.9 Å². The van der Waals surface area contributed by atoms with E-state index in [2.05, 4.69) is 41.0 Å². The van der Waals surface area contributed by atoms with Gasteiger partial charge >= 0.3 is 0 Å². The molecule has 1 aromatic carbocycles. The third-order valence-electron chi connectivity index (χ3n) is 4.38. The van der Waals surface area contributed by atoms with E-state index in [-0.39, 0.29) is 0 Å². The van der Waals surface area contributed by atoms with Crippen molar-refractivity contribution in [1.29, 1.82) is 5.41 Å². The maximum absolute atomic E-state index is 10.6. The number of aldehydes is 1. The van der Waals surface area contributed by atoms with Crippen LogP contribution in [0.15, 0.2) is 48.7 Å². The van der Waals surface area contributed by atoms with Gasteiger partial charge < -0.3 is 25.8 Å². The summed E-state index contributed by atoms with van der Waals surface area (Å²) in [5, 5.41) is 8.02. The van der Waals surface area contributed by atoms with Crippen molar-refractivity contribution >= 4 is 29.1 Å². The van der Waals surface area contributed by atoms with Crippen LogP contribution in [0.3, 0.4) is 0 Å². The number of allylic oxidation sites excluding steroid dienone is 1. The van der Waals surface area contributed by atoms with Crippen molar-refractivity contribution in [2.45, 2.75) is 13.5 Å². The maximum atomic E-state index is 10.6. The summed E-state index contributed by atoms with van der Waals surface area (Å²) in [6.07, 6.45) is 3.19. The van der Waals surface area contributed by atoms with E-state index in [0.29, 0.717) is 22.6 Å². The molecular formula is C22H27N5O2. The van der Waals surface area contributed by atoms with Crippen LogP contribution < -0.4 is 10.5 Å². The van der Waals surface area contributed by atoms with Gasteiger partial charge in [-0.05, 0) is 49.5 Å². The average Bonchev–Trinajstić information content (AvgIpc) is 3.18. The molecule has 0 aliphatic carbocycles. The van der Waals surface area contributed by atoms with E-state index in [1.54, 1.807) is 19.2 Å². The zero-order valence-electron chi connectivity index (χ0n) is 17.0. The van der Waals surface area contributed by atoms with Crippen LogP contribution in [0.4, 0.5) is 0 Å². The first-order valence-electron chi connectivity index (χ1n) is 9.23. The van der Waals surface area contributed by atoms with E-state index in [9.17, 15) is 4.79 Å². The number of hydrogen-bond acceptors (Lipinski definition) is 6. The molecule has 0 unspecified atom stereocenters. The first kappa shape index (κ1) is 21.8. The second kappa shape index (κ2) is 10.8. The Kier molecular flexibility index (Phi) is 8.12. The van der Waals surface area contributed by atoms with Crippen LogP contribution in [0, 0.1) is 5.41 Å². The highest BCUT2D eigenvalue weighted by Crippen LogP contribution is 2.16. The summed E-state index contributed by atoms with van der Waals surface area (Å²) in [5.41, 5.74) is 8.89. The molecule has 0 aliphatic rings. The molecule has 0 saturated carbocycles. The molecule has 0 saturated heterocycles. The van der Waals surface area contributed by atoms with E-state index in [4.69, 9.17) is 15.9 Å². The van der Waals surface area contributed by atoms with Crippen molar-refractivity contribution in [3.05, 3.63) is 65.6 Å². The summed E-state index contributed by atoms with van der Waals surface area (Å²) >= 11 is 0. The quantitative estimate of drug-likeness (QED) is 0.421. The van der Waals surface area contributed by atoms with E-state index in [1.165, 1.54) is 11.8 Å². The number of pyridine rings is 1. The normalized spacial score (nSPS) is 11.1. The minimum absolute atomic E-state index is 0.479. The van der Waals surface area contributed by atoms with E-state index < -0.39 is 0 Å². The minimum Gasteiger partial charge on any atom is -0.497 e. The number of methoxy groups -OCH3 is 1. The summed E-state index contributed by atoms with van der Waals surface area (Å²) in [4.78, 5) is 20.0. The van der Waals surface area contributed by atoms with Gasteiger partial charge in [-0.25, -0.2) is 4.98 Å². The highest BCUT2D eigenvalue weighted by atomic mass is 16.5. The van der Waals surface area contributed by atoms with Gasteiger partial charge in [0.15, 0.2) is 6.29 Å². The lowest BCUT2D eigenvalue weighted by Crippen LogP contribution is -2.16. The van der Waals surface area contributed by atoms with Crippen molar-refractivity contribution in [2.75, 3.05) is 20.7 Å². The van der Waals surface area contributed by atoms with Crippen LogP contribution in [-0.2, 0) is 6.54 Å². The van der Waals surface area contributed by atoms with Crippen molar-refractivity contribution in [3.8, 4) is 5.75 Å². The van der Waals surface area contributed by atoms with E-state index >= 15 is 0 Å². The number of carbonyl (C=O) groups excluding carboxylic acids is 1. The SMILES string of the molecule is CCN(C)Cc1cccc(OC)c1.N=C/C(=C\N)c1ccc2cc(C=O)[nH]c2n1. The number of nitrogens with two attached hydrogens (primary N) is 1. The Balaban J connectivity index is 0.000000212. The van der Waals surface area contributed by atoms with Gasteiger partial charge in [0.25, 0.3) is 0 Å². The molecule has 7 heteroatoms. The fourth-order valence-electron chi connectivity index (χ4n) is 2.65. The molecule has 0 amide bonds. The lowest BCUT2D eigenvalue weighted by atomic mass is 10.2. The predicted molar refractivity (Wildman–Crippen MR) is 117 cm³/mol. The van der Waals surface area contributed by atoms with Gasteiger partial charge in [-0.1, -0.05) is 19.1 Å². The molecule has 0 spiro atoms. The fraction of sp³-hybridized carbons (Fsp3) is 0.227. The average molecular weight is 393 g/mol. The maximum Gasteiger partial charge on any atom is 0.166 e. The zero-order valence-corrected chi connectivity index (χ0v) is 17.0. The Labute approximate surface area is 170 Å². The second-order valence-electron chi connectivity index (χ2n) is 6.43. The van der Waals surface area contributed by atoms with Crippen LogP contribution in [0.2, 0.25) is 0 Å². The number of nitrogens with zero attached hydrogens (tertiary/aromatic N) is 2. The molecule has 4 N–H and O–H groups in total. The molecule has 29 heavy (non-hydrogen) atoms. The third kappa shape index (κ3) is 6.02. The highest BCUT2D eigenvalue weighted by Gasteiger charge is 2.04. The highest BCUT2D eigenvalue weighted by molar-refractivity contribution is 6.07. The van der Waals surface area contributed by atoms with Crippen LogP contribution >= 0.6 is 0 Å². The van der Waals surface area contributed by atoms with Crippen LogP contribution in [0.25, 0.3) is 16.6 Å². The fourth-order valence-corrected chi connectivity index (χ4v) is 2.65. The van der Waals surface area contributed by atoms with Crippen LogP contribution in [-0.4, -0.2) is 48.1 Å². The number of ether oxygens (including phenoxy) is 1. The Morgan fingerprint density at radius 2 is 2.10 bits per heavy atom. The Morgan fingerprint density at radius 1 is 1.31 bits per heavy atom. The lowest BCUT2D eigenvalue weighted by molar-refractivity contribution is 0.111. The van der Waals surface area contributed by atoms with Crippen LogP contribution in [0.1, 0.15) is 28.7 Å². The molecule has 7 nitrogen and oxygen atoms in total. The first-order chi connectivity index (χ1) is 14.0. The van der Waals surface area contributed by atoms with Gasteiger partial charge in [0.2, 0.25) is 0 Å². The smallest absolute Gasteiger partial charge is 0.166 e. The summed E-state index contributed by atoms with van der Waals surface area (Å²) in [6.45, 7) is 4.20. The second-order valence-corrected chi connectivity index (χ2v) is 6.43. The predicted octanol–water partition coefficient (Wildman–Crippen LogP) is 3.47. The molecule has 2 heterocycles. The van der Waals surface area contributed by atoms with E-state index in [1.807, 2.05) is 18.2 Å². The molecule has 0 bridgehead atoms. The van der Waals surface area contributed by atoms with Gasteiger partial charge in [-0.2, -0.15) is 0 Å². The number of fused-ring (bicyclic) bond motifs is 1. The molecule has 0 radical (unpaired) electrons. The number of aromatic nitrogens is 2. The van der Waals surface area contributed by atoms with Gasteiger partial charge in [0.05, 0.1) is 18.5 Å². The van der Waals surface area contributed by atoms with E-state index in [0.717, 1.165) is 36.7 Å². The number of rotatable bonds is 7. The van der Waals surface area contributed by atoms with Gasteiger partial charge in [-0.15, -0.1) is 0 Å². The Hall–Kier alpha value is -3.45. The molecule has 0 atom stereocenters. The number of hydrogen-bond donors (Lipinski definition) is 3. The number of H-pyrrole nitrogens is 1.